The van der Waals surface area contributed by atoms with Crippen LogP contribution in [0, 0.1) is 4.64 Å². The van der Waals surface area contributed by atoms with Crippen molar-refractivity contribution >= 4 is 29.8 Å². The summed E-state index contributed by atoms with van der Waals surface area (Å²) in [5.41, 5.74) is 0.0961. The van der Waals surface area contributed by atoms with E-state index in [4.69, 9.17) is 28.9 Å². The molecule has 0 radical (unpaired) electrons. The molecule has 1 aromatic rings. The Morgan fingerprint density at radius 2 is 2.27 bits per heavy atom. The number of aromatic amines is 1. The second kappa shape index (κ2) is 3.02. The van der Waals surface area contributed by atoms with E-state index in [-0.39, 0.29) is 10.7 Å². The van der Waals surface area contributed by atoms with Gasteiger partial charge < -0.3 is 10.1 Å². The zero-order chi connectivity index (χ0) is 8.43. The number of carbonyl (C=O) groups is 1. The van der Waals surface area contributed by atoms with E-state index >= 15 is 0 Å². The molecule has 0 atom stereocenters. The van der Waals surface area contributed by atoms with Crippen LogP contribution in [0.3, 0.4) is 0 Å². The Kier molecular flexibility index (Phi) is 2.26. The number of aromatic nitrogens is 1. The fourth-order valence-electron chi connectivity index (χ4n) is 0.633. The van der Waals surface area contributed by atoms with Crippen LogP contribution in [0.15, 0.2) is 12.1 Å². The van der Waals surface area contributed by atoms with E-state index in [1.807, 2.05) is 0 Å². The van der Waals surface area contributed by atoms with Crippen molar-refractivity contribution in [3.63, 3.8) is 0 Å². The molecule has 1 rings (SSSR count). The molecule has 58 valence electrons. The number of halogens is 1. The van der Waals surface area contributed by atoms with Gasteiger partial charge in [0.25, 0.3) is 0 Å². The summed E-state index contributed by atoms with van der Waals surface area (Å²) in [6.07, 6.45) is 0. The van der Waals surface area contributed by atoms with E-state index < -0.39 is 5.97 Å². The molecular formula is C6H4ClNO2S. The van der Waals surface area contributed by atoms with Gasteiger partial charge in [0, 0.05) is 0 Å². The number of carboxylic acid groups (broad SMARTS) is 1. The third-order valence-corrected chi connectivity index (χ3v) is 1.48. The molecule has 0 bridgehead atoms. The first-order valence-electron chi connectivity index (χ1n) is 2.73. The van der Waals surface area contributed by atoms with Crippen molar-refractivity contribution in [3.05, 3.63) is 27.5 Å². The van der Waals surface area contributed by atoms with Crippen molar-refractivity contribution < 1.29 is 9.90 Å². The smallest absolute Gasteiger partial charge is 0.335 e. The molecule has 1 aromatic heterocycles. The van der Waals surface area contributed by atoms with Crippen LogP contribution in [0.1, 0.15) is 10.4 Å². The molecule has 0 saturated heterocycles. The first-order valence-corrected chi connectivity index (χ1v) is 3.51. The topological polar surface area (TPSA) is 53.1 Å². The summed E-state index contributed by atoms with van der Waals surface area (Å²) in [5, 5.41) is 8.75. The molecule has 2 N–H and O–H groups in total. The number of hydrogen-bond acceptors (Lipinski definition) is 2. The Hall–Kier alpha value is -0.870. The number of aromatic carboxylic acids is 1. The van der Waals surface area contributed by atoms with E-state index in [0.717, 1.165) is 0 Å². The third kappa shape index (κ3) is 2.03. The van der Waals surface area contributed by atoms with Gasteiger partial charge in [-0.15, -0.1) is 0 Å². The Morgan fingerprint density at radius 3 is 2.73 bits per heavy atom. The van der Waals surface area contributed by atoms with E-state index in [1.165, 1.54) is 12.1 Å². The minimum atomic E-state index is -1.04. The van der Waals surface area contributed by atoms with Gasteiger partial charge in [0.15, 0.2) is 0 Å². The first kappa shape index (κ1) is 8.23. The maximum Gasteiger partial charge on any atom is 0.335 e. The molecule has 0 saturated carbocycles. The highest BCUT2D eigenvalue weighted by Gasteiger charge is 2.02. The summed E-state index contributed by atoms with van der Waals surface area (Å²) in [5.74, 6) is -1.04. The van der Waals surface area contributed by atoms with Gasteiger partial charge in [-0.1, -0.05) is 23.8 Å². The standard InChI is InChI=1S/C6H4ClNO2S/c7-4-1-3(6(9)10)2-5(11)8-4/h1-2H,(H,8,11)(H,9,10). The minimum Gasteiger partial charge on any atom is -0.478 e. The SMILES string of the molecule is O=C(O)c1cc(Cl)[nH]c(=S)c1. The third-order valence-electron chi connectivity index (χ3n) is 1.06. The van der Waals surface area contributed by atoms with Crippen molar-refractivity contribution in [1.29, 1.82) is 0 Å². The molecule has 0 spiro atoms. The summed E-state index contributed by atoms with van der Waals surface area (Å²) in [4.78, 5) is 13.0. The number of pyridine rings is 1. The van der Waals surface area contributed by atoms with Crippen LogP contribution in [0.5, 0.6) is 0 Å². The fraction of sp³-hybridized carbons (Fsp3) is 0. The van der Waals surface area contributed by atoms with Crippen molar-refractivity contribution in [2.24, 2.45) is 0 Å². The Balaban J connectivity index is 3.30. The van der Waals surface area contributed by atoms with Crippen LogP contribution >= 0.6 is 23.8 Å². The fourth-order valence-corrected chi connectivity index (χ4v) is 1.15. The van der Waals surface area contributed by atoms with Gasteiger partial charge in [-0.25, -0.2) is 4.79 Å². The van der Waals surface area contributed by atoms with Crippen molar-refractivity contribution in [1.82, 2.24) is 4.98 Å². The molecule has 0 aromatic carbocycles. The Morgan fingerprint density at radius 1 is 1.64 bits per heavy atom. The zero-order valence-corrected chi connectivity index (χ0v) is 6.87. The lowest BCUT2D eigenvalue weighted by atomic mass is 10.3. The Bertz CT molecular complexity index is 347. The summed E-state index contributed by atoms with van der Waals surface area (Å²) in [6.45, 7) is 0. The second-order valence-electron chi connectivity index (χ2n) is 1.89. The average Bonchev–Trinajstić information content (AvgIpc) is 1.85. The molecule has 3 nitrogen and oxygen atoms in total. The van der Waals surface area contributed by atoms with Gasteiger partial charge in [0.2, 0.25) is 0 Å². The minimum absolute atomic E-state index is 0.0961. The van der Waals surface area contributed by atoms with Gasteiger partial charge in [-0.05, 0) is 12.1 Å². The van der Waals surface area contributed by atoms with Crippen molar-refractivity contribution in [3.8, 4) is 0 Å². The second-order valence-corrected chi connectivity index (χ2v) is 2.73. The average molecular weight is 190 g/mol. The van der Waals surface area contributed by atoms with E-state index in [2.05, 4.69) is 4.98 Å². The largest absolute Gasteiger partial charge is 0.478 e. The van der Waals surface area contributed by atoms with Gasteiger partial charge in [-0.2, -0.15) is 0 Å². The van der Waals surface area contributed by atoms with Crippen LogP contribution in [-0.2, 0) is 0 Å². The molecule has 5 heteroatoms. The molecule has 0 fully saturated rings. The zero-order valence-electron chi connectivity index (χ0n) is 5.30. The lowest BCUT2D eigenvalue weighted by Gasteiger charge is -1.94. The highest BCUT2D eigenvalue weighted by atomic mass is 35.5. The maximum atomic E-state index is 10.4. The van der Waals surface area contributed by atoms with E-state index in [1.54, 1.807) is 0 Å². The number of hydrogen-bond donors (Lipinski definition) is 2. The van der Waals surface area contributed by atoms with Crippen LogP contribution in [0.2, 0.25) is 5.15 Å². The van der Waals surface area contributed by atoms with Gasteiger partial charge in [0.05, 0.1) is 5.56 Å². The van der Waals surface area contributed by atoms with Crippen LogP contribution < -0.4 is 0 Å². The highest BCUT2D eigenvalue weighted by molar-refractivity contribution is 7.71. The predicted octanol–water partition coefficient (Wildman–Crippen LogP) is 2.10. The van der Waals surface area contributed by atoms with Crippen molar-refractivity contribution in [2.75, 3.05) is 0 Å². The normalized spacial score (nSPS) is 9.55. The van der Waals surface area contributed by atoms with Crippen molar-refractivity contribution in [2.45, 2.75) is 0 Å². The number of carboxylic acids is 1. The lowest BCUT2D eigenvalue weighted by Crippen LogP contribution is -1.96. The lowest BCUT2D eigenvalue weighted by molar-refractivity contribution is 0.0696. The molecule has 0 unspecified atom stereocenters. The molecular weight excluding hydrogens is 186 g/mol. The first-order chi connectivity index (χ1) is 5.09. The molecule has 1 heterocycles. The van der Waals surface area contributed by atoms with Gasteiger partial charge in [-0.3, -0.25) is 0 Å². The number of rotatable bonds is 1. The summed E-state index contributed by atoms with van der Waals surface area (Å²) >= 11 is 10.2. The molecule has 11 heavy (non-hydrogen) atoms. The summed E-state index contributed by atoms with van der Waals surface area (Å²) in [6, 6.07) is 2.64. The van der Waals surface area contributed by atoms with E-state index in [9.17, 15) is 4.79 Å². The maximum absolute atomic E-state index is 10.4. The Labute approximate surface area is 72.6 Å². The molecule has 0 aliphatic heterocycles. The van der Waals surface area contributed by atoms with Crippen LogP contribution in [0.4, 0.5) is 0 Å². The molecule has 0 amide bonds. The predicted molar refractivity (Wildman–Crippen MR) is 43.6 cm³/mol. The highest BCUT2D eigenvalue weighted by Crippen LogP contribution is 2.07. The quantitative estimate of drug-likeness (QED) is 0.526. The van der Waals surface area contributed by atoms with E-state index in [0.29, 0.717) is 4.64 Å². The molecule has 0 aliphatic rings. The number of H-pyrrole nitrogens is 1. The number of nitrogens with one attached hydrogen (secondary N) is 1. The summed E-state index contributed by atoms with van der Waals surface area (Å²) < 4.78 is 0.315. The molecule has 0 aliphatic carbocycles. The monoisotopic (exact) mass is 189 g/mol. The van der Waals surface area contributed by atoms with Gasteiger partial charge in [0.1, 0.15) is 9.79 Å². The summed E-state index contributed by atoms with van der Waals surface area (Å²) in [7, 11) is 0. The van der Waals surface area contributed by atoms with Gasteiger partial charge >= 0.3 is 5.97 Å². The van der Waals surface area contributed by atoms with Crippen LogP contribution in [-0.4, -0.2) is 16.1 Å². The van der Waals surface area contributed by atoms with Crippen LogP contribution in [0.25, 0.3) is 0 Å².